The van der Waals surface area contributed by atoms with Crippen molar-refractivity contribution in [2.24, 2.45) is 7.05 Å². The predicted octanol–water partition coefficient (Wildman–Crippen LogP) is 3.87. The summed E-state index contributed by atoms with van der Waals surface area (Å²) in [6.07, 6.45) is 3.48. The molecule has 9 heteroatoms. The Bertz CT molecular complexity index is 1020. The molecule has 0 fully saturated rings. The van der Waals surface area contributed by atoms with Crippen molar-refractivity contribution in [2.75, 3.05) is 0 Å². The van der Waals surface area contributed by atoms with Crippen molar-refractivity contribution < 1.29 is 4.42 Å². The smallest absolute Gasteiger partial charge is 0.247 e. The monoisotopic (exact) mass is 384 g/mol. The van der Waals surface area contributed by atoms with Gasteiger partial charge in [0, 0.05) is 35.6 Å². The fourth-order valence-electron chi connectivity index (χ4n) is 2.33. The maximum absolute atomic E-state index is 5.89. The Balaban J connectivity index is 1.47. The molecule has 0 saturated carbocycles. The van der Waals surface area contributed by atoms with Crippen LogP contribution in [0.2, 0.25) is 5.02 Å². The van der Waals surface area contributed by atoms with Crippen LogP contribution >= 0.6 is 23.4 Å². The van der Waals surface area contributed by atoms with Crippen LogP contribution in [0.15, 0.2) is 58.4 Å². The largest absolute Gasteiger partial charge is 0.420 e. The second-order valence-corrected chi connectivity index (χ2v) is 6.78. The van der Waals surface area contributed by atoms with Crippen LogP contribution in [-0.4, -0.2) is 29.9 Å². The van der Waals surface area contributed by atoms with Gasteiger partial charge in [-0.2, -0.15) is 0 Å². The minimum Gasteiger partial charge on any atom is -0.420 e. The van der Waals surface area contributed by atoms with Gasteiger partial charge in [-0.15, -0.1) is 20.4 Å². The Morgan fingerprint density at radius 3 is 2.65 bits per heavy atom. The Kier molecular flexibility index (Phi) is 4.68. The average Bonchev–Trinajstić information content (AvgIpc) is 3.28. The summed E-state index contributed by atoms with van der Waals surface area (Å²) < 4.78 is 7.62. The summed E-state index contributed by atoms with van der Waals surface area (Å²) in [5.74, 6) is 2.24. The first-order valence-corrected chi connectivity index (χ1v) is 9.08. The number of benzene rings is 1. The highest BCUT2D eigenvalue weighted by atomic mass is 35.5. The van der Waals surface area contributed by atoms with Crippen LogP contribution < -0.4 is 0 Å². The van der Waals surface area contributed by atoms with Crippen molar-refractivity contribution >= 4 is 23.4 Å². The van der Waals surface area contributed by atoms with Crippen molar-refractivity contribution in [3.05, 3.63) is 59.7 Å². The zero-order chi connectivity index (χ0) is 17.9. The number of aromatic nitrogens is 6. The molecule has 0 N–H and O–H groups in total. The molecule has 4 rings (SSSR count). The quantitative estimate of drug-likeness (QED) is 0.483. The molecule has 1 aromatic carbocycles. The second-order valence-electron chi connectivity index (χ2n) is 5.40. The molecule has 3 aromatic heterocycles. The molecule has 0 atom stereocenters. The number of rotatable bonds is 5. The molecule has 130 valence electrons. The maximum Gasteiger partial charge on any atom is 0.247 e. The molecule has 0 aliphatic carbocycles. The third-order valence-corrected chi connectivity index (χ3v) is 4.89. The zero-order valence-corrected chi connectivity index (χ0v) is 15.3. The lowest BCUT2D eigenvalue weighted by Gasteiger charge is -2.02. The molecule has 0 radical (unpaired) electrons. The Labute approximate surface area is 158 Å². The first-order chi connectivity index (χ1) is 12.7. The number of thioether (sulfide) groups is 1. The number of pyridine rings is 1. The van der Waals surface area contributed by atoms with Crippen LogP contribution in [0.1, 0.15) is 5.89 Å². The summed E-state index contributed by atoms with van der Waals surface area (Å²) >= 11 is 7.37. The van der Waals surface area contributed by atoms with E-state index in [4.69, 9.17) is 16.0 Å². The summed E-state index contributed by atoms with van der Waals surface area (Å²) in [6.45, 7) is 0. The van der Waals surface area contributed by atoms with Gasteiger partial charge in [0.25, 0.3) is 0 Å². The van der Waals surface area contributed by atoms with E-state index in [1.165, 1.54) is 11.8 Å². The van der Waals surface area contributed by atoms with Gasteiger partial charge in [-0.25, -0.2) is 0 Å². The van der Waals surface area contributed by atoms with E-state index in [0.717, 1.165) is 22.1 Å². The molecular formula is C17H13ClN6OS. The average molecular weight is 385 g/mol. The topological polar surface area (TPSA) is 82.5 Å². The first kappa shape index (κ1) is 16.7. The van der Waals surface area contributed by atoms with Crippen LogP contribution in [0, 0.1) is 0 Å². The van der Waals surface area contributed by atoms with Crippen LogP contribution in [0.4, 0.5) is 0 Å². The maximum atomic E-state index is 5.89. The van der Waals surface area contributed by atoms with Gasteiger partial charge in [-0.3, -0.25) is 4.98 Å². The van der Waals surface area contributed by atoms with Gasteiger partial charge in [0.05, 0.1) is 5.75 Å². The molecule has 0 aliphatic rings. The van der Waals surface area contributed by atoms with Gasteiger partial charge >= 0.3 is 0 Å². The number of hydrogen-bond donors (Lipinski definition) is 0. The molecule has 0 saturated heterocycles. The van der Waals surface area contributed by atoms with Gasteiger partial charge in [-0.1, -0.05) is 23.4 Å². The highest BCUT2D eigenvalue weighted by Crippen LogP contribution is 2.26. The summed E-state index contributed by atoms with van der Waals surface area (Å²) in [4.78, 5) is 4.11. The molecule has 3 heterocycles. The Morgan fingerprint density at radius 1 is 1.04 bits per heavy atom. The van der Waals surface area contributed by atoms with Crippen molar-refractivity contribution in [3.63, 3.8) is 0 Å². The van der Waals surface area contributed by atoms with E-state index in [0.29, 0.717) is 22.6 Å². The van der Waals surface area contributed by atoms with Crippen molar-refractivity contribution in [3.8, 4) is 22.8 Å². The van der Waals surface area contributed by atoms with Crippen molar-refractivity contribution in [2.45, 2.75) is 10.9 Å². The van der Waals surface area contributed by atoms with Crippen LogP contribution in [0.25, 0.3) is 22.8 Å². The fraction of sp³-hybridized carbons (Fsp3) is 0.118. The molecule has 26 heavy (non-hydrogen) atoms. The standard InChI is InChI=1S/C17H13ClN6OS/c1-24-15(12-3-2-8-19-9-12)21-23-17(24)26-10-14-20-22-16(25-14)11-4-6-13(18)7-5-11/h2-9H,10H2,1H3. The molecule has 0 spiro atoms. The minimum atomic E-state index is 0.464. The van der Waals surface area contributed by atoms with Gasteiger partial charge in [0.1, 0.15) is 0 Å². The molecule has 7 nitrogen and oxygen atoms in total. The van der Waals surface area contributed by atoms with E-state index in [2.05, 4.69) is 25.4 Å². The lowest BCUT2D eigenvalue weighted by molar-refractivity contribution is 0.528. The Morgan fingerprint density at radius 2 is 1.88 bits per heavy atom. The highest BCUT2D eigenvalue weighted by Gasteiger charge is 2.14. The van der Waals surface area contributed by atoms with Crippen molar-refractivity contribution in [1.82, 2.24) is 29.9 Å². The predicted molar refractivity (Wildman–Crippen MR) is 98.5 cm³/mol. The number of nitrogens with zero attached hydrogens (tertiary/aromatic N) is 6. The molecular weight excluding hydrogens is 372 g/mol. The first-order valence-electron chi connectivity index (χ1n) is 7.71. The van der Waals surface area contributed by atoms with E-state index in [-0.39, 0.29) is 0 Å². The summed E-state index contributed by atoms with van der Waals surface area (Å²) in [5.41, 5.74) is 1.74. The highest BCUT2D eigenvalue weighted by molar-refractivity contribution is 7.98. The van der Waals surface area contributed by atoms with Gasteiger partial charge in [0.2, 0.25) is 11.8 Å². The lowest BCUT2D eigenvalue weighted by Crippen LogP contribution is -1.95. The van der Waals surface area contributed by atoms with E-state index in [1.807, 2.05) is 35.9 Å². The molecule has 0 aliphatic heterocycles. The van der Waals surface area contributed by atoms with Crippen LogP contribution in [-0.2, 0) is 12.8 Å². The molecule has 4 aromatic rings. The lowest BCUT2D eigenvalue weighted by atomic mass is 10.2. The third-order valence-electron chi connectivity index (χ3n) is 3.64. The minimum absolute atomic E-state index is 0.464. The van der Waals surface area contributed by atoms with Crippen molar-refractivity contribution in [1.29, 1.82) is 0 Å². The molecule has 0 bridgehead atoms. The van der Waals surface area contributed by atoms with E-state index >= 15 is 0 Å². The summed E-state index contributed by atoms with van der Waals surface area (Å²) in [5, 5.41) is 18.0. The third kappa shape index (κ3) is 3.47. The summed E-state index contributed by atoms with van der Waals surface area (Å²) in [7, 11) is 1.91. The number of hydrogen-bond acceptors (Lipinski definition) is 7. The SMILES string of the molecule is Cn1c(SCc2nnc(-c3ccc(Cl)cc3)o2)nnc1-c1cccnc1. The van der Waals surface area contributed by atoms with E-state index in [1.54, 1.807) is 24.5 Å². The zero-order valence-electron chi connectivity index (χ0n) is 13.7. The summed E-state index contributed by atoms with van der Waals surface area (Å²) in [6, 6.07) is 11.1. The van der Waals surface area contributed by atoms with Crippen LogP contribution in [0.3, 0.4) is 0 Å². The second kappa shape index (κ2) is 7.27. The van der Waals surface area contributed by atoms with Gasteiger partial charge < -0.3 is 8.98 Å². The van der Waals surface area contributed by atoms with Gasteiger partial charge in [0.15, 0.2) is 11.0 Å². The Hall–Kier alpha value is -2.71. The molecule has 0 unspecified atom stereocenters. The van der Waals surface area contributed by atoms with E-state index < -0.39 is 0 Å². The normalized spacial score (nSPS) is 11.0. The van der Waals surface area contributed by atoms with Gasteiger partial charge in [-0.05, 0) is 36.4 Å². The fourth-order valence-corrected chi connectivity index (χ4v) is 3.21. The number of halogens is 1. The van der Waals surface area contributed by atoms with Crippen LogP contribution in [0.5, 0.6) is 0 Å². The van der Waals surface area contributed by atoms with E-state index in [9.17, 15) is 0 Å². The molecule has 0 amide bonds.